The van der Waals surface area contributed by atoms with Gasteiger partial charge in [-0.1, -0.05) is 23.8 Å². The maximum absolute atomic E-state index is 12.9. The van der Waals surface area contributed by atoms with E-state index in [2.05, 4.69) is 5.32 Å². The van der Waals surface area contributed by atoms with Crippen LogP contribution < -0.4 is 10.1 Å². The van der Waals surface area contributed by atoms with Gasteiger partial charge >= 0.3 is 5.97 Å². The maximum atomic E-state index is 12.9. The Bertz CT molecular complexity index is 774. The molecule has 2 aromatic rings. The molecule has 0 aliphatic heterocycles. The summed E-state index contributed by atoms with van der Waals surface area (Å²) in [5.74, 6) is -0.923. The average Bonchev–Trinajstić information content (AvgIpc) is 2.63. The van der Waals surface area contributed by atoms with Crippen LogP contribution in [0.1, 0.15) is 28.4 Å². The first-order chi connectivity index (χ1) is 12.4. The number of ether oxygens (including phenoxy) is 2. The van der Waals surface area contributed by atoms with Crippen molar-refractivity contribution < 1.29 is 23.5 Å². The smallest absolute Gasteiger partial charge is 0.342 e. The summed E-state index contributed by atoms with van der Waals surface area (Å²) in [6.07, 6.45) is -0.390. The van der Waals surface area contributed by atoms with Crippen molar-refractivity contribution in [3.63, 3.8) is 0 Å². The summed E-state index contributed by atoms with van der Waals surface area (Å²) in [5, 5.41) is 2.70. The molecular weight excluding hydrogens is 337 g/mol. The van der Waals surface area contributed by atoms with Crippen molar-refractivity contribution in [1.82, 2.24) is 5.32 Å². The Kier molecular flexibility index (Phi) is 6.72. The van der Waals surface area contributed by atoms with Crippen molar-refractivity contribution in [2.75, 3.05) is 13.7 Å². The topological polar surface area (TPSA) is 64.6 Å². The van der Waals surface area contributed by atoms with Gasteiger partial charge in [-0.2, -0.15) is 0 Å². The van der Waals surface area contributed by atoms with Crippen LogP contribution in [0.5, 0.6) is 5.75 Å². The second-order valence-electron chi connectivity index (χ2n) is 5.92. The van der Waals surface area contributed by atoms with E-state index in [-0.39, 0.29) is 11.4 Å². The van der Waals surface area contributed by atoms with Gasteiger partial charge < -0.3 is 14.8 Å². The third-order valence-corrected chi connectivity index (χ3v) is 3.85. The highest BCUT2D eigenvalue weighted by atomic mass is 19.1. The van der Waals surface area contributed by atoms with E-state index in [9.17, 15) is 14.0 Å². The number of carbonyl (C=O) groups excluding carboxylic acids is 2. The Labute approximate surface area is 152 Å². The minimum atomic E-state index is -0.944. The molecule has 0 aliphatic rings. The fourth-order valence-corrected chi connectivity index (χ4v) is 2.38. The molecule has 0 saturated heterocycles. The molecule has 0 fully saturated rings. The zero-order valence-corrected chi connectivity index (χ0v) is 15.0. The number of halogens is 1. The number of benzene rings is 2. The molecule has 5 nitrogen and oxygen atoms in total. The van der Waals surface area contributed by atoms with Crippen LogP contribution in [0.4, 0.5) is 4.39 Å². The highest BCUT2D eigenvalue weighted by Crippen LogP contribution is 2.21. The van der Waals surface area contributed by atoms with Crippen LogP contribution in [0.15, 0.2) is 42.5 Å². The van der Waals surface area contributed by atoms with Crippen molar-refractivity contribution in [1.29, 1.82) is 0 Å². The SMILES string of the molecule is COc1ccc(C)cc1C(=O)O[C@H](C)C(=O)NCCc1ccc(F)cc1. The number of hydrogen-bond acceptors (Lipinski definition) is 4. The Hall–Kier alpha value is -2.89. The van der Waals surface area contributed by atoms with Crippen LogP contribution in [0.25, 0.3) is 0 Å². The van der Waals surface area contributed by atoms with E-state index < -0.39 is 18.0 Å². The second-order valence-corrected chi connectivity index (χ2v) is 5.92. The Balaban J connectivity index is 1.87. The quantitative estimate of drug-likeness (QED) is 0.772. The number of carbonyl (C=O) groups is 2. The fourth-order valence-electron chi connectivity index (χ4n) is 2.38. The lowest BCUT2D eigenvalue weighted by Crippen LogP contribution is -2.37. The fraction of sp³-hybridized carbons (Fsp3) is 0.300. The molecule has 0 bridgehead atoms. The van der Waals surface area contributed by atoms with Gasteiger partial charge in [-0.3, -0.25) is 4.79 Å². The average molecular weight is 359 g/mol. The summed E-state index contributed by atoms with van der Waals surface area (Å²) in [6, 6.07) is 11.2. The lowest BCUT2D eigenvalue weighted by molar-refractivity contribution is -0.129. The molecule has 0 unspecified atom stereocenters. The van der Waals surface area contributed by atoms with Crippen molar-refractivity contribution in [2.45, 2.75) is 26.4 Å². The molecule has 2 aromatic carbocycles. The number of esters is 1. The van der Waals surface area contributed by atoms with Crippen molar-refractivity contribution >= 4 is 11.9 Å². The predicted octanol–water partition coefficient (Wildman–Crippen LogP) is 3.05. The van der Waals surface area contributed by atoms with Crippen LogP contribution in [0, 0.1) is 12.7 Å². The molecule has 0 radical (unpaired) electrons. The standard InChI is InChI=1S/C20H22FNO4/c1-13-4-9-18(25-3)17(12-13)20(24)26-14(2)19(23)22-11-10-15-5-7-16(21)8-6-15/h4-9,12,14H,10-11H2,1-3H3,(H,22,23)/t14-/m1/s1. The van der Waals surface area contributed by atoms with Crippen LogP contribution in [-0.2, 0) is 16.0 Å². The summed E-state index contributed by atoms with van der Waals surface area (Å²) < 4.78 is 23.2. The number of aryl methyl sites for hydroxylation is 1. The van der Waals surface area contributed by atoms with E-state index in [0.717, 1.165) is 11.1 Å². The number of methoxy groups -OCH3 is 1. The van der Waals surface area contributed by atoms with E-state index in [1.165, 1.54) is 26.2 Å². The molecule has 26 heavy (non-hydrogen) atoms. The van der Waals surface area contributed by atoms with Crippen LogP contribution >= 0.6 is 0 Å². The van der Waals surface area contributed by atoms with E-state index in [1.54, 1.807) is 24.3 Å². The zero-order valence-electron chi connectivity index (χ0n) is 15.0. The molecule has 6 heteroatoms. The minimum Gasteiger partial charge on any atom is -0.496 e. The van der Waals surface area contributed by atoms with Crippen molar-refractivity contribution in [3.05, 3.63) is 65.0 Å². The van der Waals surface area contributed by atoms with Crippen LogP contribution in [0.3, 0.4) is 0 Å². The number of hydrogen-bond donors (Lipinski definition) is 1. The zero-order chi connectivity index (χ0) is 19.1. The normalized spacial score (nSPS) is 11.5. The van der Waals surface area contributed by atoms with Gasteiger partial charge in [0.05, 0.1) is 7.11 Å². The van der Waals surface area contributed by atoms with Gasteiger partial charge in [-0.05, 0) is 50.1 Å². The van der Waals surface area contributed by atoms with Crippen LogP contribution in [0.2, 0.25) is 0 Å². The van der Waals surface area contributed by atoms with Gasteiger partial charge in [-0.15, -0.1) is 0 Å². The monoisotopic (exact) mass is 359 g/mol. The molecule has 0 aliphatic carbocycles. The predicted molar refractivity (Wildman–Crippen MR) is 95.7 cm³/mol. The molecule has 0 saturated carbocycles. The molecule has 1 amide bonds. The molecule has 2 rings (SSSR count). The molecule has 0 heterocycles. The maximum Gasteiger partial charge on any atom is 0.342 e. The summed E-state index contributed by atoms with van der Waals surface area (Å²) in [5.41, 5.74) is 2.06. The van der Waals surface area contributed by atoms with Gasteiger partial charge in [0.25, 0.3) is 5.91 Å². The third kappa shape index (κ3) is 5.31. The Morgan fingerprint density at radius 1 is 1.15 bits per heavy atom. The highest BCUT2D eigenvalue weighted by Gasteiger charge is 2.21. The minimum absolute atomic E-state index is 0.276. The summed E-state index contributed by atoms with van der Waals surface area (Å²) >= 11 is 0. The lowest BCUT2D eigenvalue weighted by atomic mass is 10.1. The van der Waals surface area contributed by atoms with Crippen LogP contribution in [-0.4, -0.2) is 31.6 Å². The number of nitrogens with one attached hydrogen (secondary N) is 1. The number of amides is 1. The van der Waals surface area contributed by atoms with Gasteiger partial charge in [-0.25, -0.2) is 9.18 Å². The summed E-state index contributed by atoms with van der Waals surface area (Å²) in [7, 11) is 1.47. The van der Waals surface area contributed by atoms with Gasteiger partial charge in [0, 0.05) is 6.54 Å². The molecule has 1 atom stereocenters. The number of rotatable bonds is 7. The first kappa shape index (κ1) is 19.4. The van der Waals surface area contributed by atoms with Crippen molar-refractivity contribution in [2.24, 2.45) is 0 Å². The first-order valence-corrected chi connectivity index (χ1v) is 8.28. The van der Waals surface area contributed by atoms with Gasteiger partial charge in [0.15, 0.2) is 6.10 Å². The third-order valence-electron chi connectivity index (χ3n) is 3.85. The summed E-state index contributed by atoms with van der Waals surface area (Å²) in [6.45, 7) is 3.72. The first-order valence-electron chi connectivity index (χ1n) is 8.28. The van der Waals surface area contributed by atoms with Crippen molar-refractivity contribution in [3.8, 4) is 5.75 Å². The van der Waals surface area contributed by atoms with E-state index in [0.29, 0.717) is 18.7 Å². The Morgan fingerprint density at radius 2 is 1.85 bits per heavy atom. The Morgan fingerprint density at radius 3 is 2.50 bits per heavy atom. The van der Waals surface area contributed by atoms with E-state index in [4.69, 9.17) is 9.47 Å². The van der Waals surface area contributed by atoms with Gasteiger partial charge in [0.1, 0.15) is 17.1 Å². The molecule has 0 spiro atoms. The molecule has 1 N–H and O–H groups in total. The molecule has 138 valence electrons. The highest BCUT2D eigenvalue weighted by molar-refractivity contribution is 5.94. The lowest BCUT2D eigenvalue weighted by Gasteiger charge is -2.15. The second kappa shape index (κ2) is 8.99. The van der Waals surface area contributed by atoms with E-state index in [1.807, 2.05) is 13.0 Å². The molecular formula is C20H22FNO4. The summed E-state index contributed by atoms with van der Waals surface area (Å²) in [4.78, 5) is 24.4. The largest absolute Gasteiger partial charge is 0.496 e. The molecule has 0 aromatic heterocycles. The van der Waals surface area contributed by atoms with Gasteiger partial charge in [0.2, 0.25) is 0 Å². The van der Waals surface area contributed by atoms with E-state index >= 15 is 0 Å².